The van der Waals surface area contributed by atoms with Crippen molar-refractivity contribution in [1.29, 1.82) is 0 Å². The lowest BCUT2D eigenvalue weighted by Gasteiger charge is -2.14. The summed E-state index contributed by atoms with van der Waals surface area (Å²) >= 11 is 6.06. The minimum Gasteiger partial charge on any atom is -0.493 e. The van der Waals surface area contributed by atoms with Crippen molar-refractivity contribution in [2.45, 2.75) is 6.54 Å². The number of rotatable bonds is 8. The van der Waals surface area contributed by atoms with Crippen LogP contribution in [0.3, 0.4) is 0 Å². The van der Waals surface area contributed by atoms with Crippen LogP contribution in [0.15, 0.2) is 48.5 Å². The number of methoxy groups -OCH3 is 3. The van der Waals surface area contributed by atoms with Crippen LogP contribution in [0.1, 0.15) is 5.82 Å². The number of benzene rings is 2. The van der Waals surface area contributed by atoms with Gasteiger partial charge in [0.15, 0.2) is 28.8 Å². The van der Waals surface area contributed by atoms with Crippen LogP contribution in [0.4, 0.5) is 17.2 Å². The third-order valence-electron chi connectivity index (χ3n) is 4.54. The average Bonchev–Trinajstić information content (AvgIpc) is 3.19. The second-order valence-electron chi connectivity index (χ2n) is 6.51. The summed E-state index contributed by atoms with van der Waals surface area (Å²) in [7, 11) is 4.72. The largest absolute Gasteiger partial charge is 0.493 e. The minimum absolute atomic E-state index is 0.382. The van der Waals surface area contributed by atoms with Crippen LogP contribution in [-0.4, -0.2) is 41.1 Å². The van der Waals surface area contributed by atoms with E-state index in [1.165, 1.54) is 0 Å². The fraction of sp³-hybridized carbons (Fsp3) is 0.190. The Morgan fingerprint density at radius 1 is 0.903 bits per heavy atom. The number of fused-ring (bicyclic) bond motifs is 1. The Morgan fingerprint density at radius 2 is 1.68 bits per heavy atom. The summed E-state index contributed by atoms with van der Waals surface area (Å²) in [4.78, 5) is 0. The molecule has 0 saturated heterocycles. The number of hydrogen-bond acceptors (Lipinski definition) is 8. The maximum absolute atomic E-state index is 6.06. The Bertz CT molecular complexity index is 1190. The van der Waals surface area contributed by atoms with Gasteiger partial charge in [0.25, 0.3) is 0 Å². The lowest BCUT2D eigenvalue weighted by molar-refractivity contribution is 0.324. The van der Waals surface area contributed by atoms with Crippen molar-refractivity contribution in [2.24, 2.45) is 0 Å². The molecule has 0 atom stereocenters. The van der Waals surface area contributed by atoms with Crippen LogP contribution >= 0.6 is 11.6 Å². The molecule has 10 heteroatoms. The summed E-state index contributed by atoms with van der Waals surface area (Å²) in [5.41, 5.74) is 2.25. The second-order valence-corrected chi connectivity index (χ2v) is 6.94. The van der Waals surface area contributed by atoms with Gasteiger partial charge in [-0.15, -0.1) is 15.3 Å². The monoisotopic (exact) mass is 440 g/mol. The van der Waals surface area contributed by atoms with E-state index in [0.29, 0.717) is 46.1 Å². The molecule has 0 radical (unpaired) electrons. The molecule has 0 aliphatic heterocycles. The van der Waals surface area contributed by atoms with Gasteiger partial charge in [-0.05, 0) is 30.3 Å². The van der Waals surface area contributed by atoms with Crippen molar-refractivity contribution < 1.29 is 14.2 Å². The number of halogens is 1. The van der Waals surface area contributed by atoms with Crippen LogP contribution < -0.4 is 24.8 Å². The van der Waals surface area contributed by atoms with Crippen molar-refractivity contribution in [3.05, 3.63) is 59.4 Å². The first-order valence-electron chi connectivity index (χ1n) is 9.39. The Balaban J connectivity index is 1.56. The third-order valence-corrected chi connectivity index (χ3v) is 4.77. The molecule has 4 aromatic rings. The zero-order valence-corrected chi connectivity index (χ0v) is 18.0. The summed E-state index contributed by atoms with van der Waals surface area (Å²) in [5.74, 6) is 2.92. The summed E-state index contributed by atoms with van der Waals surface area (Å²) in [6, 6.07) is 14.7. The molecule has 2 N–H and O–H groups in total. The topological polar surface area (TPSA) is 94.8 Å². The number of hydrogen-bond donors (Lipinski definition) is 2. The van der Waals surface area contributed by atoms with E-state index in [1.54, 1.807) is 25.8 Å². The summed E-state index contributed by atoms with van der Waals surface area (Å²) in [6.07, 6.45) is 0. The van der Waals surface area contributed by atoms with E-state index in [1.807, 2.05) is 48.5 Å². The van der Waals surface area contributed by atoms with Gasteiger partial charge in [0, 0.05) is 28.5 Å². The summed E-state index contributed by atoms with van der Waals surface area (Å²) < 4.78 is 17.8. The third kappa shape index (κ3) is 4.41. The highest BCUT2D eigenvalue weighted by Crippen LogP contribution is 2.40. The molecule has 2 aromatic carbocycles. The van der Waals surface area contributed by atoms with Crippen molar-refractivity contribution in [1.82, 2.24) is 19.8 Å². The molecular weight excluding hydrogens is 420 g/mol. The van der Waals surface area contributed by atoms with Gasteiger partial charge in [0.2, 0.25) is 5.75 Å². The summed E-state index contributed by atoms with van der Waals surface area (Å²) in [5, 5.41) is 20.2. The van der Waals surface area contributed by atoms with Gasteiger partial charge in [-0.1, -0.05) is 17.7 Å². The first-order chi connectivity index (χ1) is 15.1. The van der Waals surface area contributed by atoms with Gasteiger partial charge in [0.1, 0.15) is 0 Å². The first-order valence-corrected chi connectivity index (χ1v) is 9.77. The molecule has 0 unspecified atom stereocenters. The maximum Gasteiger partial charge on any atom is 0.203 e. The Hall–Kier alpha value is -3.72. The predicted octanol–water partition coefficient (Wildman–Crippen LogP) is 4.16. The van der Waals surface area contributed by atoms with E-state index in [9.17, 15) is 0 Å². The van der Waals surface area contributed by atoms with Crippen LogP contribution in [0, 0.1) is 0 Å². The molecule has 4 rings (SSSR count). The van der Waals surface area contributed by atoms with Crippen LogP contribution in [0.25, 0.3) is 5.65 Å². The molecule has 0 saturated carbocycles. The molecule has 31 heavy (non-hydrogen) atoms. The van der Waals surface area contributed by atoms with Crippen molar-refractivity contribution in [3.8, 4) is 17.2 Å². The van der Waals surface area contributed by atoms with Crippen molar-refractivity contribution in [3.63, 3.8) is 0 Å². The normalized spacial score (nSPS) is 10.7. The van der Waals surface area contributed by atoms with E-state index >= 15 is 0 Å². The number of ether oxygens (including phenoxy) is 3. The Kier molecular flexibility index (Phi) is 5.94. The molecule has 0 aliphatic rings. The molecule has 0 spiro atoms. The summed E-state index contributed by atoms with van der Waals surface area (Å²) in [6.45, 7) is 0.382. The fourth-order valence-corrected chi connectivity index (χ4v) is 3.28. The lowest BCUT2D eigenvalue weighted by atomic mass is 10.2. The number of nitrogens with one attached hydrogen (secondary N) is 2. The SMILES string of the molecule is COc1cc(NCc2nnc3ccc(Nc4cccc(Cl)c4)nn23)cc(OC)c1OC. The van der Waals surface area contributed by atoms with Crippen molar-refractivity contribution in [2.75, 3.05) is 32.0 Å². The number of nitrogens with zero attached hydrogens (tertiary/aromatic N) is 4. The van der Waals surface area contributed by atoms with Crippen molar-refractivity contribution >= 4 is 34.4 Å². The first kappa shape index (κ1) is 20.5. The van der Waals surface area contributed by atoms with Crippen LogP contribution in [-0.2, 0) is 6.54 Å². The minimum atomic E-state index is 0.382. The molecular formula is C21H21ClN6O3. The number of aromatic nitrogens is 4. The van der Waals surface area contributed by atoms with Gasteiger partial charge < -0.3 is 24.8 Å². The van der Waals surface area contributed by atoms with Gasteiger partial charge in [-0.2, -0.15) is 4.52 Å². The zero-order valence-electron chi connectivity index (χ0n) is 17.2. The fourth-order valence-electron chi connectivity index (χ4n) is 3.09. The quantitative estimate of drug-likeness (QED) is 0.421. The standard InChI is InChI=1S/C21H21ClN6O3/c1-29-16-10-15(11-17(30-2)21(16)31-3)23-12-20-26-25-19-8-7-18(27-28(19)20)24-14-6-4-5-13(22)9-14/h4-11,23H,12H2,1-3H3,(H,24,27). The molecule has 0 bridgehead atoms. The lowest BCUT2D eigenvalue weighted by Crippen LogP contribution is -2.08. The van der Waals surface area contributed by atoms with E-state index in [4.69, 9.17) is 25.8 Å². The number of anilines is 3. The maximum atomic E-state index is 6.06. The highest BCUT2D eigenvalue weighted by atomic mass is 35.5. The van der Waals surface area contributed by atoms with E-state index in [-0.39, 0.29) is 0 Å². The van der Waals surface area contributed by atoms with Gasteiger partial charge >= 0.3 is 0 Å². The smallest absolute Gasteiger partial charge is 0.203 e. The Morgan fingerprint density at radius 3 is 2.35 bits per heavy atom. The molecule has 2 aromatic heterocycles. The molecule has 0 aliphatic carbocycles. The van der Waals surface area contributed by atoms with Gasteiger partial charge in [0.05, 0.1) is 27.9 Å². The molecule has 2 heterocycles. The van der Waals surface area contributed by atoms with Gasteiger partial charge in [-0.3, -0.25) is 0 Å². The van der Waals surface area contributed by atoms with Crippen LogP contribution in [0.2, 0.25) is 5.02 Å². The highest BCUT2D eigenvalue weighted by molar-refractivity contribution is 6.30. The van der Waals surface area contributed by atoms with Crippen LogP contribution in [0.5, 0.6) is 17.2 Å². The average molecular weight is 441 g/mol. The zero-order chi connectivity index (χ0) is 21.8. The van der Waals surface area contributed by atoms with E-state index in [2.05, 4.69) is 25.9 Å². The van der Waals surface area contributed by atoms with Gasteiger partial charge in [-0.25, -0.2) is 0 Å². The molecule has 0 amide bonds. The Labute approximate surface area is 183 Å². The highest BCUT2D eigenvalue weighted by Gasteiger charge is 2.14. The molecule has 0 fully saturated rings. The predicted molar refractivity (Wildman–Crippen MR) is 119 cm³/mol. The second kappa shape index (κ2) is 8.97. The molecule has 160 valence electrons. The molecule has 9 nitrogen and oxygen atoms in total. The van der Waals surface area contributed by atoms with E-state index in [0.717, 1.165) is 11.4 Å². The van der Waals surface area contributed by atoms with E-state index < -0.39 is 0 Å².